The lowest BCUT2D eigenvalue weighted by molar-refractivity contribution is -0.137. The fourth-order valence-electron chi connectivity index (χ4n) is 3.41. The number of carbonyl (C=O) groups is 2. The molecule has 0 unspecified atom stereocenters. The Morgan fingerprint density at radius 2 is 1.13 bits per heavy atom. The summed E-state index contributed by atoms with van der Waals surface area (Å²) >= 11 is 0. The van der Waals surface area contributed by atoms with Gasteiger partial charge in [-0.05, 0) is 19.8 Å². The van der Waals surface area contributed by atoms with E-state index in [4.69, 9.17) is 13.9 Å². The van der Waals surface area contributed by atoms with Crippen molar-refractivity contribution < 1.29 is 23.5 Å². The van der Waals surface area contributed by atoms with Gasteiger partial charge in [-0.25, -0.2) is 0 Å². The number of aryl methyl sites for hydroxylation is 1. The molecule has 5 nitrogen and oxygen atoms in total. The van der Waals surface area contributed by atoms with Gasteiger partial charge >= 0.3 is 11.9 Å². The van der Waals surface area contributed by atoms with E-state index in [1.807, 2.05) is 0 Å². The van der Waals surface area contributed by atoms with Gasteiger partial charge in [0.05, 0.1) is 0 Å². The number of rotatable bonds is 18. The lowest BCUT2D eigenvalue weighted by Crippen LogP contribution is -2.11. The van der Waals surface area contributed by atoms with Gasteiger partial charge in [0.2, 0.25) is 11.5 Å². The number of hydrogen-bond acceptors (Lipinski definition) is 5. The summed E-state index contributed by atoms with van der Waals surface area (Å²) in [6, 6.07) is 0. The van der Waals surface area contributed by atoms with Crippen molar-refractivity contribution in [3.8, 4) is 11.5 Å². The smallest absolute Gasteiger partial charge is 0.311 e. The third-order valence-electron chi connectivity index (χ3n) is 5.29. The molecule has 0 saturated carbocycles. The number of furan rings is 1. The van der Waals surface area contributed by atoms with Crippen molar-refractivity contribution in [3.63, 3.8) is 0 Å². The molecule has 0 N–H and O–H groups in total. The van der Waals surface area contributed by atoms with Gasteiger partial charge in [0.15, 0.2) is 0 Å². The largest absolute Gasteiger partial charge is 0.462 e. The molecule has 5 heteroatoms. The van der Waals surface area contributed by atoms with E-state index in [-0.39, 0.29) is 23.4 Å². The van der Waals surface area contributed by atoms with Crippen LogP contribution in [0.15, 0.2) is 10.7 Å². The van der Waals surface area contributed by atoms with E-state index in [1.54, 1.807) is 6.92 Å². The second kappa shape index (κ2) is 17.0. The zero-order valence-electron chi connectivity index (χ0n) is 19.4. The monoisotopic (exact) mass is 422 g/mol. The van der Waals surface area contributed by atoms with Crippen LogP contribution >= 0.6 is 0 Å². The van der Waals surface area contributed by atoms with Gasteiger partial charge in [0, 0.05) is 12.8 Å². The molecule has 0 fully saturated rings. The lowest BCUT2D eigenvalue weighted by Gasteiger charge is -2.07. The molecule has 0 aromatic carbocycles. The first-order valence-electron chi connectivity index (χ1n) is 12.1. The zero-order chi connectivity index (χ0) is 22.0. The van der Waals surface area contributed by atoms with Crippen LogP contribution in [-0.2, 0) is 9.59 Å². The van der Waals surface area contributed by atoms with Crippen molar-refractivity contribution in [2.45, 2.75) is 124 Å². The molecule has 1 heterocycles. The fourth-order valence-corrected chi connectivity index (χ4v) is 3.41. The van der Waals surface area contributed by atoms with Gasteiger partial charge in [-0.1, -0.05) is 90.9 Å². The molecule has 1 aromatic rings. The minimum Gasteiger partial charge on any atom is -0.462 e. The third-order valence-corrected chi connectivity index (χ3v) is 5.29. The molecule has 1 aromatic heterocycles. The standard InChI is InChI=1S/C25H42O5/c1-4-6-8-10-12-14-16-18-23(26)29-22-20-28-21(3)25(22)30-24(27)19-17-15-13-11-9-7-5-2/h20H,4-19H2,1-3H3. The number of ether oxygens (including phenoxy) is 2. The average Bonchev–Trinajstić information content (AvgIpc) is 3.06. The highest BCUT2D eigenvalue weighted by atomic mass is 16.6. The molecule has 0 saturated heterocycles. The first-order valence-corrected chi connectivity index (χ1v) is 12.1. The molecular formula is C25H42O5. The Labute approximate surface area is 182 Å². The number of carbonyl (C=O) groups excluding carboxylic acids is 2. The highest BCUT2D eigenvalue weighted by Crippen LogP contribution is 2.34. The van der Waals surface area contributed by atoms with Crippen molar-refractivity contribution >= 4 is 11.9 Å². The Balaban J connectivity index is 2.27. The Kier molecular flexibility index (Phi) is 14.8. The molecule has 0 radical (unpaired) electrons. The molecule has 0 spiro atoms. The Hall–Kier alpha value is -1.78. The minimum atomic E-state index is -0.311. The topological polar surface area (TPSA) is 65.7 Å². The molecule has 0 aliphatic carbocycles. The van der Waals surface area contributed by atoms with Crippen LogP contribution in [0.1, 0.15) is 122 Å². The normalized spacial score (nSPS) is 10.9. The molecule has 0 amide bonds. The van der Waals surface area contributed by atoms with Crippen LogP contribution in [0.2, 0.25) is 0 Å². The summed E-state index contributed by atoms with van der Waals surface area (Å²) in [4.78, 5) is 24.3. The van der Waals surface area contributed by atoms with E-state index < -0.39 is 0 Å². The molecule has 0 aliphatic heterocycles. The summed E-state index contributed by atoms with van der Waals surface area (Å²) < 4.78 is 16.1. The molecule has 1 rings (SSSR count). The van der Waals surface area contributed by atoms with E-state index >= 15 is 0 Å². The van der Waals surface area contributed by atoms with E-state index in [9.17, 15) is 9.59 Å². The third kappa shape index (κ3) is 12.0. The summed E-state index contributed by atoms with van der Waals surface area (Å²) in [5, 5.41) is 0. The van der Waals surface area contributed by atoms with Crippen LogP contribution < -0.4 is 9.47 Å². The molecule has 0 aliphatic rings. The van der Waals surface area contributed by atoms with Crippen molar-refractivity contribution in [3.05, 3.63) is 12.0 Å². The maximum atomic E-state index is 12.2. The predicted molar refractivity (Wildman–Crippen MR) is 120 cm³/mol. The summed E-state index contributed by atoms with van der Waals surface area (Å²) in [7, 11) is 0. The summed E-state index contributed by atoms with van der Waals surface area (Å²) in [6.07, 6.45) is 18.1. The van der Waals surface area contributed by atoms with Gasteiger partial charge in [-0.15, -0.1) is 0 Å². The molecule has 172 valence electrons. The molecule has 30 heavy (non-hydrogen) atoms. The summed E-state index contributed by atoms with van der Waals surface area (Å²) in [6.45, 7) is 6.10. The second-order valence-corrected chi connectivity index (χ2v) is 8.18. The zero-order valence-corrected chi connectivity index (χ0v) is 19.4. The van der Waals surface area contributed by atoms with E-state index in [0.717, 1.165) is 38.5 Å². The fraction of sp³-hybridized carbons (Fsp3) is 0.760. The van der Waals surface area contributed by atoms with E-state index in [1.165, 1.54) is 57.6 Å². The lowest BCUT2D eigenvalue weighted by atomic mass is 10.1. The highest BCUT2D eigenvalue weighted by molar-refractivity contribution is 5.76. The van der Waals surface area contributed by atoms with Crippen LogP contribution in [-0.4, -0.2) is 11.9 Å². The number of unbranched alkanes of at least 4 members (excludes halogenated alkanes) is 12. The summed E-state index contributed by atoms with van der Waals surface area (Å²) in [5.41, 5.74) is 0. The highest BCUT2D eigenvalue weighted by Gasteiger charge is 2.19. The maximum Gasteiger partial charge on any atom is 0.311 e. The van der Waals surface area contributed by atoms with Gasteiger partial charge in [-0.3, -0.25) is 9.59 Å². The van der Waals surface area contributed by atoms with Crippen LogP contribution in [0.3, 0.4) is 0 Å². The van der Waals surface area contributed by atoms with Gasteiger partial charge < -0.3 is 13.9 Å². The van der Waals surface area contributed by atoms with Crippen LogP contribution in [0.5, 0.6) is 11.5 Å². The Morgan fingerprint density at radius 3 is 1.63 bits per heavy atom. The van der Waals surface area contributed by atoms with Crippen molar-refractivity contribution in [1.29, 1.82) is 0 Å². The molecule has 0 bridgehead atoms. The van der Waals surface area contributed by atoms with Gasteiger partial charge in [0.1, 0.15) is 12.0 Å². The second-order valence-electron chi connectivity index (χ2n) is 8.18. The average molecular weight is 423 g/mol. The molecular weight excluding hydrogens is 380 g/mol. The van der Waals surface area contributed by atoms with Crippen molar-refractivity contribution in [1.82, 2.24) is 0 Å². The van der Waals surface area contributed by atoms with Crippen LogP contribution in [0.25, 0.3) is 0 Å². The maximum absolute atomic E-state index is 12.2. The molecule has 0 atom stereocenters. The van der Waals surface area contributed by atoms with Crippen LogP contribution in [0, 0.1) is 6.92 Å². The Morgan fingerprint density at radius 1 is 0.700 bits per heavy atom. The minimum absolute atomic E-state index is 0.202. The predicted octanol–water partition coefficient (Wildman–Crippen LogP) is 7.68. The quantitative estimate of drug-likeness (QED) is 0.179. The Bertz CT molecular complexity index is 590. The van der Waals surface area contributed by atoms with Crippen LogP contribution in [0.4, 0.5) is 0 Å². The van der Waals surface area contributed by atoms with Gasteiger partial charge in [0.25, 0.3) is 0 Å². The van der Waals surface area contributed by atoms with Crippen molar-refractivity contribution in [2.24, 2.45) is 0 Å². The van der Waals surface area contributed by atoms with Crippen molar-refractivity contribution in [2.75, 3.05) is 0 Å². The van der Waals surface area contributed by atoms with E-state index in [2.05, 4.69) is 13.8 Å². The SMILES string of the molecule is CCCCCCCCCC(=O)Oc1coc(C)c1OC(=O)CCCCCCCCC. The number of hydrogen-bond donors (Lipinski definition) is 0. The first-order chi connectivity index (χ1) is 14.6. The first kappa shape index (κ1) is 26.3. The van der Waals surface area contributed by atoms with E-state index in [0.29, 0.717) is 18.6 Å². The van der Waals surface area contributed by atoms with Gasteiger partial charge in [-0.2, -0.15) is 0 Å². The summed E-state index contributed by atoms with van der Waals surface area (Å²) in [5.74, 6) is 0.261. The number of esters is 2.